The van der Waals surface area contributed by atoms with Crippen molar-refractivity contribution in [3.63, 3.8) is 0 Å². The predicted molar refractivity (Wildman–Crippen MR) is 95.9 cm³/mol. The quantitative estimate of drug-likeness (QED) is 0.823. The Hall–Kier alpha value is -2.82. The number of hydrogen-bond donors (Lipinski definition) is 1. The van der Waals surface area contributed by atoms with E-state index in [1.807, 2.05) is 31.2 Å². The summed E-state index contributed by atoms with van der Waals surface area (Å²) < 4.78 is 5.48. The van der Waals surface area contributed by atoms with Gasteiger partial charge in [-0.2, -0.15) is 0 Å². The molecule has 1 aliphatic carbocycles. The van der Waals surface area contributed by atoms with Gasteiger partial charge in [0.25, 0.3) is 5.91 Å². The first-order valence-corrected chi connectivity index (χ1v) is 8.41. The average Bonchev–Trinajstić information content (AvgIpc) is 3.33. The fourth-order valence-electron chi connectivity index (χ4n) is 2.42. The van der Waals surface area contributed by atoms with Crippen molar-refractivity contribution in [2.24, 2.45) is 0 Å². The molecule has 1 saturated carbocycles. The van der Waals surface area contributed by atoms with Crippen molar-refractivity contribution in [1.82, 2.24) is 10.2 Å². The maximum absolute atomic E-state index is 12.2. The molecule has 130 valence electrons. The highest BCUT2D eigenvalue weighted by Crippen LogP contribution is 2.19. The number of hydrogen-bond acceptors (Lipinski definition) is 3. The molecule has 1 aliphatic rings. The molecule has 0 unspecified atom stereocenters. The van der Waals surface area contributed by atoms with Gasteiger partial charge < -0.3 is 14.6 Å². The summed E-state index contributed by atoms with van der Waals surface area (Å²) in [6.07, 6.45) is 5.41. The standard InChI is InChI=1S/C20H22N2O3/c1-14-3-11-18(25-14)13-22(2)19(23)12-6-15-4-7-16(8-5-15)20(24)21-17-9-10-17/h3-8,11-12,17H,9-10,13H2,1-2H3,(H,21,24)/b12-6+. The second kappa shape index (κ2) is 7.38. The predicted octanol–water partition coefficient (Wildman–Crippen LogP) is 3.15. The van der Waals surface area contributed by atoms with Gasteiger partial charge in [0.15, 0.2) is 0 Å². The minimum Gasteiger partial charge on any atom is -0.464 e. The van der Waals surface area contributed by atoms with Crippen molar-refractivity contribution >= 4 is 17.9 Å². The first-order valence-electron chi connectivity index (χ1n) is 8.41. The summed E-state index contributed by atoms with van der Waals surface area (Å²) >= 11 is 0. The molecule has 0 atom stereocenters. The van der Waals surface area contributed by atoms with Gasteiger partial charge >= 0.3 is 0 Å². The minimum atomic E-state index is -0.107. The Kier molecular flexibility index (Phi) is 5.03. The number of carbonyl (C=O) groups is 2. The van der Waals surface area contributed by atoms with E-state index >= 15 is 0 Å². The molecule has 0 bridgehead atoms. The van der Waals surface area contributed by atoms with Crippen LogP contribution in [0.5, 0.6) is 0 Å². The highest BCUT2D eigenvalue weighted by molar-refractivity contribution is 5.95. The van der Waals surface area contributed by atoms with Crippen LogP contribution in [0, 0.1) is 6.92 Å². The van der Waals surface area contributed by atoms with Crippen LogP contribution in [-0.2, 0) is 11.3 Å². The number of nitrogens with zero attached hydrogens (tertiary/aromatic N) is 1. The number of carbonyl (C=O) groups excluding carboxylic acids is 2. The summed E-state index contributed by atoms with van der Waals surface area (Å²) in [7, 11) is 1.73. The number of benzene rings is 1. The largest absolute Gasteiger partial charge is 0.464 e. The van der Waals surface area contributed by atoms with E-state index in [0.29, 0.717) is 18.2 Å². The van der Waals surface area contributed by atoms with E-state index in [0.717, 1.165) is 29.9 Å². The smallest absolute Gasteiger partial charge is 0.251 e. The molecule has 5 heteroatoms. The Balaban J connectivity index is 1.55. The molecular formula is C20H22N2O3. The van der Waals surface area contributed by atoms with Crippen molar-refractivity contribution in [2.75, 3.05) is 7.05 Å². The second-order valence-corrected chi connectivity index (χ2v) is 6.41. The van der Waals surface area contributed by atoms with Gasteiger partial charge in [-0.25, -0.2) is 0 Å². The van der Waals surface area contributed by atoms with E-state index in [4.69, 9.17) is 4.42 Å². The lowest BCUT2D eigenvalue weighted by molar-refractivity contribution is -0.125. The van der Waals surface area contributed by atoms with Gasteiger partial charge in [-0.1, -0.05) is 12.1 Å². The summed E-state index contributed by atoms with van der Waals surface area (Å²) in [5.74, 6) is 1.44. The number of likely N-dealkylation sites (N-methyl/N-ethyl adjacent to an activating group) is 1. The van der Waals surface area contributed by atoms with E-state index in [9.17, 15) is 9.59 Å². The van der Waals surface area contributed by atoms with Crippen LogP contribution in [0.2, 0.25) is 0 Å². The molecule has 0 spiro atoms. The molecule has 25 heavy (non-hydrogen) atoms. The Morgan fingerprint density at radius 1 is 1.20 bits per heavy atom. The van der Waals surface area contributed by atoms with E-state index in [-0.39, 0.29) is 11.8 Å². The first kappa shape index (κ1) is 17.0. The topological polar surface area (TPSA) is 62.6 Å². The van der Waals surface area contributed by atoms with E-state index in [1.165, 1.54) is 6.08 Å². The van der Waals surface area contributed by atoms with Crippen molar-refractivity contribution in [1.29, 1.82) is 0 Å². The SMILES string of the molecule is Cc1ccc(CN(C)C(=O)/C=C/c2ccc(C(=O)NC3CC3)cc2)o1. The molecule has 5 nitrogen and oxygen atoms in total. The summed E-state index contributed by atoms with van der Waals surface area (Å²) in [6, 6.07) is 11.3. The minimum absolute atomic E-state index is 0.0393. The molecule has 0 aliphatic heterocycles. The Bertz CT molecular complexity index is 786. The lowest BCUT2D eigenvalue weighted by Crippen LogP contribution is -2.25. The molecule has 2 aromatic rings. The van der Waals surface area contributed by atoms with Crippen LogP contribution in [0.15, 0.2) is 46.9 Å². The molecular weight excluding hydrogens is 316 g/mol. The van der Waals surface area contributed by atoms with Gasteiger partial charge in [-0.3, -0.25) is 9.59 Å². The maximum atomic E-state index is 12.2. The second-order valence-electron chi connectivity index (χ2n) is 6.41. The summed E-state index contributed by atoms with van der Waals surface area (Å²) in [5.41, 5.74) is 1.51. The molecule has 1 aromatic carbocycles. The summed E-state index contributed by atoms with van der Waals surface area (Å²) in [4.78, 5) is 25.7. The van der Waals surface area contributed by atoms with Crippen molar-refractivity contribution in [3.8, 4) is 0 Å². The molecule has 1 fully saturated rings. The van der Waals surface area contributed by atoms with E-state index in [1.54, 1.807) is 30.2 Å². The van der Waals surface area contributed by atoms with Gasteiger partial charge in [-0.15, -0.1) is 0 Å². The number of aryl methyl sites for hydroxylation is 1. The van der Waals surface area contributed by atoms with E-state index < -0.39 is 0 Å². The maximum Gasteiger partial charge on any atom is 0.251 e. The fraction of sp³-hybridized carbons (Fsp3) is 0.300. The zero-order chi connectivity index (χ0) is 17.8. The van der Waals surface area contributed by atoms with Crippen LogP contribution in [0.25, 0.3) is 6.08 Å². The van der Waals surface area contributed by atoms with Gasteiger partial charge in [0.2, 0.25) is 5.91 Å². The number of amides is 2. The van der Waals surface area contributed by atoms with Crippen molar-refractivity contribution in [3.05, 3.63) is 65.1 Å². The molecule has 0 saturated heterocycles. The Morgan fingerprint density at radius 3 is 2.52 bits per heavy atom. The van der Waals surface area contributed by atoms with Crippen LogP contribution in [0.1, 0.15) is 40.3 Å². The third-order valence-corrected chi connectivity index (χ3v) is 4.07. The molecule has 3 rings (SSSR count). The van der Waals surface area contributed by atoms with Crippen molar-refractivity contribution < 1.29 is 14.0 Å². The van der Waals surface area contributed by atoms with Crippen LogP contribution in [-0.4, -0.2) is 29.8 Å². The van der Waals surface area contributed by atoms with Gasteiger partial charge in [0, 0.05) is 24.7 Å². The highest BCUT2D eigenvalue weighted by Gasteiger charge is 2.23. The van der Waals surface area contributed by atoms with E-state index in [2.05, 4.69) is 5.32 Å². The molecule has 1 aromatic heterocycles. The highest BCUT2D eigenvalue weighted by atomic mass is 16.3. The molecule has 1 heterocycles. The fourth-order valence-corrected chi connectivity index (χ4v) is 2.42. The van der Waals surface area contributed by atoms with Crippen LogP contribution in [0.3, 0.4) is 0 Å². The van der Waals surface area contributed by atoms with Crippen molar-refractivity contribution in [2.45, 2.75) is 32.4 Å². The number of nitrogens with one attached hydrogen (secondary N) is 1. The summed E-state index contributed by atoms with van der Waals surface area (Å²) in [5, 5.41) is 2.95. The lowest BCUT2D eigenvalue weighted by atomic mass is 10.1. The van der Waals surface area contributed by atoms with Gasteiger partial charge in [-0.05, 0) is 55.7 Å². The third-order valence-electron chi connectivity index (χ3n) is 4.07. The van der Waals surface area contributed by atoms with Crippen LogP contribution >= 0.6 is 0 Å². The normalized spacial score (nSPS) is 13.8. The Labute approximate surface area is 147 Å². The monoisotopic (exact) mass is 338 g/mol. The zero-order valence-corrected chi connectivity index (χ0v) is 14.5. The number of furan rings is 1. The summed E-state index contributed by atoms with van der Waals surface area (Å²) in [6.45, 7) is 2.30. The zero-order valence-electron chi connectivity index (χ0n) is 14.5. The number of rotatable bonds is 6. The third kappa shape index (κ3) is 4.83. The molecule has 0 radical (unpaired) electrons. The van der Waals surface area contributed by atoms with Gasteiger partial charge in [0.1, 0.15) is 11.5 Å². The van der Waals surface area contributed by atoms with Crippen LogP contribution < -0.4 is 5.32 Å². The lowest BCUT2D eigenvalue weighted by Gasteiger charge is -2.13. The van der Waals surface area contributed by atoms with Gasteiger partial charge in [0.05, 0.1) is 6.54 Å². The average molecular weight is 338 g/mol. The molecule has 1 N–H and O–H groups in total. The Morgan fingerprint density at radius 2 is 1.92 bits per heavy atom. The first-order chi connectivity index (χ1) is 12.0. The van der Waals surface area contributed by atoms with Crippen LogP contribution in [0.4, 0.5) is 0 Å². The molecule has 2 amide bonds.